The van der Waals surface area contributed by atoms with E-state index in [1.807, 2.05) is 0 Å². The minimum Gasteiger partial charge on any atom is -0.351 e. The summed E-state index contributed by atoms with van der Waals surface area (Å²) in [6.07, 6.45) is 1.13. The molecule has 0 atom stereocenters. The van der Waals surface area contributed by atoms with Crippen LogP contribution in [0.5, 0.6) is 0 Å². The zero-order valence-electron chi connectivity index (χ0n) is 14.0. The molecule has 0 saturated carbocycles. The van der Waals surface area contributed by atoms with Gasteiger partial charge in [0, 0.05) is 37.0 Å². The number of amides is 1. The van der Waals surface area contributed by atoms with E-state index in [1.165, 1.54) is 12.1 Å². The van der Waals surface area contributed by atoms with E-state index in [0.29, 0.717) is 24.2 Å². The Morgan fingerprint density at radius 2 is 1.77 bits per heavy atom. The van der Waals surface area contributed by atoms with Crippen LogP contribution in [-0.2, 0) is 9.84 Å². The number of hydrogen-bond acceptors (Lipinski definition) is 4. The Morgan fingerprint density at radius 3 is 2.27 bits per heavy atom. The van der Waals surface area contributed by atoms with Crippen LogP contribution < -0.4 is 5.32 Å². The zero-order valence-corrected chi connectivity index (χ0v) is 14.8. The predicted octanol–water partition coefficient (Wildman–Crippen LogP) is 1.94. The van der Waals surface area contributed by atoms with Crippen LogP contribution in [0.15, 0.2) is 29.2 Å². The molecule has 0 spiro atoms. The summed E-state index contributed by atoms with van der Waals surface area (Å²) in [4.78, 5) is 14.6. The number of rotatable bonds is 7. The second kappa shape index (κ2) is 7.74. The molecule has 0 bridgehead atoms. The Bertz CT molecular complexity index is 602. The molecule has 1 rings (SSSR count). The third-order valence-corrected chi connectivity index (χ3v) is 4.62. The smallest absolute Gasteiger partial charge is 0.251 e. The van der Waals surface area contributed by atoms with E-state index in [0.717, 1.165) is 12.8 Å². The number of nitrogens with zero attached hydrogens (tertiary/aromatic N) is 1. The number of benzene rings is 1. The van der Waals surface area contributed by atoms with Crippen molar-refractivity contribution in [1.29, 1.82) is 0 Å². The molecule has 0 radical (unpaired) electrons. The van der Waals surface area contributed by atoms with Crippen LogP contribution in [0.25, 0.3) is 0 Å². The predicted molar refractivity (Wildman–Crippen MR) is 88.9 cm³/mol. The van der Waals surface area contributed by atoms with Crippen LogP contribution in [0.2, 0.25) is 0 Å². The Hall–Kier alpha value is -1.40. The summed E-state index contributed by atoms with van der Waals surface area (Å²) >= 11 is 0. The van der Waals surface area contributed by atoms with E-state index in [4.69, 9.17) is 0 Å². The molecule has 22 heavy (non-hydrogen) atoms. The first kappa shape index (κ1) is 18.6. The Kier molecular flexibility index (Phi) is 6.56. The molecule has 0 fully saturated rings. The fourth-order valence-electron chi connectivity index (χ4n) is 2.38. The van der Waals surface area contributed by atoms with Gasteiger partial charge in [0.1, 0.15) is 0 Å². The molecule has 0 aromatic heterocycles. The fourth-order valence-corrected chi connectivity index (χ4v) is 3.05. The Morgan fingerprint density at radius 1 is 1.18 bits per heavy atom. The largest absolute Gasteiger partial charge is 0.351 e. The van der Waals surface area contributed by atoms with Crippen molar-refractivity contribution in [1.82, 2.24) is 10.2 Å². The lowest BCUT2D eigenvalue weighted by Gasteiger charge is -2.30. The first-order valence-corrected chi connectivity index (χ1v) is 9.36. The van der Waals surface area contributed by atoms with Gasteiger partial charge in [0.25, 0.3) is 5.91 Å². The number of nitrogens with one attached hydrogen (secondary N) is 1. The van der Waals surface area contributed by atoms with Crippen molar-refractivity contribution in [3.05, 3.63) is 29.8 Å². The van der Waals surface area contributed by atoms with Gasteiger partial charge >= 0.3 is 0 Å². The molecule has 124 valence electrons. The van der Waals surface area contributed by atoms with E-state index in [2.05, 4.69) is 37.9 Å². The van der Waals surface area contributed by atoms with Gasteiger partial charge in [-0.1, -0.05) is 6.07 Å². The molecule has 0 saturated heterocycles. The topological polar surface area (TPSA) is 66.5 Å². The highest BCUT2D eigenvalue weighted by molar-refractivity contribution is 7.90. The second-order valence-corrected chi connectivity index (χ2v) is 8.00. The molecule has 1 N–H and O–H groups in total. The lowest BCUT2D eigenvalue weighted by molar-refractivity contribution is 0.0939. The third kappa shape index (κ3) is 5.42. The van der Waals surface area contributed by atoms with Crippen molar-refractivity contribution in [2.45, 2.75) is 44.7 Å². The zero-order chi connectivity index (χ0) is 16.9. The van der Waals surface area contributed by atoms with Crippen LogP contribution in [0, 0.1) is 0 Å². The lowest BCUT2D eigenvalue weighted by Crippen LogP contribution is -2.42. The van der Waals surface area contributed by atoms with E-state index < -0.39 is 9.84 Å². The van der Waals surface area contributed by atoms with Gasteiger partial charge < -0.3 is 5.32 Å². The third-order valence-electron chi connectivity index (χ3n) is 3.51. The summed E-state index contributed by atoms with van der Waals surface area (Å²) in [7, 11) is -3.30. The average Bonchev–Trinajstić information content (AvgIpc) is 2.41. The number of hydrogen-bond donors (Lipinski definition) is 1. The molecular formula is C16H26N2O3S. The minimum absolute atomic E-state index is 0.158. The Labute approximate surface area is 133 Å². The summed E-state index contributed by atoms with van der Waals surface area (Å²) in [5, 5.41) is 2.84. The Balaban J connectivity index is 2.67. The summed E-state index contributed by atoms with van der Waals surface area (Å²) in [5.41, 5.74) is 0.364. The van der Waals surface area contributed by atoms with E-state index in [9.17, 15) is 13.2 Å². The maximum Gasteiger partial charge on any atom is 0.251 e. The molecule has 0 aliphatic carbocycles. The van der Waals surface area contributed by atoms with Crippen molar-refractivity contribution in [3.8, 4) is 0 Å². The number of sulfone groups is 1. The molecule has 5 nitrogen and oxygen atoms in total. The van der Waals surface area contributed by atoms with Crippen LogP contribution in [0.4, 0.5) is 0 Å². The standard InChI is InChI=1S/C16H26N2O3S/c1-12(2)18(13(3)4)10-9-17-16(19)14-7-6-8-15(11-14)22(5,20)21/h6-8,11-13H,9-10H2,1-5H3,(H,17,19). The summed E-state index contributed by atoms with van der Waals surface area (Å²) < 4.78 is 23.0. The van der Waals surface area contributed by atoms with Crippen LogP contribution in [0.3, 0.4) is 0 Å². The maximum atomic E-state index is 12.1. The van der Waals surface area contributed by atoms with Gasteiger partial charge in [0.15, 0.2) is 9.84 Å². The SMILES string of the molecule is CC(C)N(CCNC(=O)c1cccc(S(C)(=O)=O)c1)C(C)C. The molecule has 1 amide bonds. The highest BCUT2D eigenvalue weighted by Crippen LogP contribution is 2.11. The molecular weight excluding hydrogens is 300 g/mol. The van der Waals surface area contributed by atoms with Crippen molar-refractivity contribution < 1.29 is 13.2 Å². The van der Waals surface area contributed by atoms with Gasteiger partial charge in [0.05, 0.1) is 4.90 Å². The van der Waals surface area contributed by atoms with Gasteiger partial charge in [0.2, 0.25) is 0 Å². The minimum atomic E-state index is -3.30. The highest BCUT2D eigenvalue weighted by atomic mass is 32.2. The van der Waals surface area contributed by atoms with E-state index in [-0.39, 0.29) is 10.8 Å². The van der Waals surface area contributed by atoms with Gasteiger partial charge in [-0.05, 0) is 45.9 Å². The quantitative estimate of drug-likeness (QED) is 0.831. The molecule has 0 heterocycles. The van der Waals surface area contributed by atoms with Gasteiger partial charge in [-0.2, -0.15) is 0 Å². The average molecular weight is 326 g/mol. The molecule has 1 aromatic rings. The summed E-state index contributed by atoms with van der Waals surface area (Å²) in [6, 6.07) is 6.92. The van der Waals surface area contributed by atoms with Crippen molar-refractivity contribution in [2.75, 3.05) is 19.3 Å². The van der Waals surface area contributed by atoms with E-state index in [1.54, 1.807) is 12.1 Å². The summed E-state index contributed by atoms with van der Waals surface area (Å²) in [6.45, 7) is 9.77. The molecule has 0 aliphatic rings. The molecule has 0 aliphatic heterocycles. The van der Waals surface area contributed by atoms with Crippen molar-refractivity contribution in [3.63, 3.8) is 0 Å². The molecule has 0 unspecified atom stereocenters. The molecule has 6 heteroatoms. The van der Waals surface area contributed by atoms with Crippen LogP contribution >= 0.6 is 0 Å². The maximum absolute atomic E-state index is 12.1. The number of carbonyl (C=O) groups excluding carboxylic acids is 1. The second-order valence-electron chi connectivity index (χ2n) is 5.98. The van der Waals surface area contributed by atoms with Crippen LogP contribution in [0.1, 0.15) is 38.1 Å². The van der Waals surface area contributed by atoms with Crippen molar-refractivity contribution in [2.24, 2.45) is 0 Å². The molecule has 1 aromatic carbocycles. The van der Waals surface area contributed by atoms with Crippen molar-refractivity contribution >= 4 is 15.7 Å². The number of carbonyl (C=O) groups is 1. The first-order chi connectivity index (χ1) is 10.1. The summed E-state index contributed by atoms with van der Waals surface area (Å²) in [5.74, 6) is -0.252. The van der Waals surface area contributed by atoms with Gasteiger partial charge in [-0.3, -0.25) is 9.69 Å². The lowest BCUT2D eigenvalue weighted by atomic mass is 10.2. The van der Waals surface area contributed by atoms with E-state index >= 15 is 0 Å². The first-order valence-electron chi connectivity index (χ1n) is 7.47. The fraction of sp³-hybridized carbons (Fsp3) is 0.562. The van der Waals surface area contributed by atoms with Crippen LogP contribution in [-0.4, -0.2) is 50.7 Å². The van der Waals surface area contributed by atoms with Gasteiger partial charge in [-0.25, -0.2) is 8.42 Å². The monoisotopic (exact) mass is 326 g/mol. The normalized spacial score (nSPS) is 12.2. The highest BCUT2D eigenvalue weighted by Gasteiger charge is 2.14. The van der Waals surface area contributed by atoms with Gasteiger partial charge in [-0.15, -0.1) is 0 Å².